The maximum absolute atomic E-state index is 14.5. The summed E-state index contributed by atoms with van der Waals surface area (Å²) < 4.78 is 20.5. The molecule has 0 atom stereocenters. The Morgan fingerprint density at radius 3 is 2.24 bits per heavy atom. The zero-order chi connectivity index (χ0) is 27.5. The number of hydrogen-bond acceptors (Lipinski definition) is 6. The molecule has 0 saturated carbocycles. The van der Waals surface area contributed by atoms with E-state index in [0.29, 0.717) is 34.0 Å². The molecule has 0 radical (unpaired) electrons. The normalized spacial score (nSPS) is 12.1. The Morgan fingerprint density at radius 2 is 1.73 bits per heavy atom. The lowest BCUT2D eigenvalue weighted by atomic mass is 10.0. The third-order valence-electron chi connectivity index (χ3n) is 5.75. The van der Waals surface area contributed by atoms with E-state index in [4.69, 9.17) is 10.1 Å². The van der Waals surface area contributed by atoms with E-state index in [2.05, 4.69) is 27.6 Å². The summed E-state index contributed by atoms with van der Waals surface area (Å²) >= 11 is 0. The molecule has 4 rings (SSSR count). The predicted molar refractivity (Wildman–Crippen MR) is 150 cm³/mol. The molecule has 3 N–H and O–H groups in total. The molecule has 1 aromatic heterocycles. The lowest BCUT2D eigenvalue weighted by Crippen LogP contribution is -2.32. The largest absolute Gasteiger partial charge is 0.457 e. The van der Waals surface area contributed by atoms with Gasteiger partial charge in [0.2, 0.25) is 0 Å². The summed E-state index contributed by atoms with van der Waals surface area (Å²) in [6.07, 6.45) is 3.00. The third kappa shape index (κ3) is 7.85. The van der Waals surface area contributed by atoms with Crippen LogP contribution in [-0.4, -0.2) is 55.7 Å². The molecule has 7 nitrogen and oxygen atoms in total. The first-order valence-electron chi connectivity index (χ1n) is 12.5. The SMILES string of the molecule is CC.CN1CCC1.CNC(=O)c1c(C)cc(-c2cc(Oc3ccc(C(C)=N)c(NC)c3)ccn2)cc1F. The van der Waals surface area contributed by atoms with Gasteiger partial charge in [-0.1, -0.05) is 13.8 Å². The zero-order valence-corrected chi connectivity index (χ0v) is 22.8. The molecule has 0 unspecified atom stereocenters. The Labute approximate surface area is 219 Å². The van der Waals surface area contributed by atoms with Crippen LogP contribution in [0.5, 0.6) is 11.5 Å². The Bertz CT molecular complexity index is 1200. The minimum Gasteiger partial charge on any atom is -0.457 e. The first-order chi connectivity index (χ1) is 17.7. The summed E-state index contributed by atoms with van der Waals surface area (Å²) in [5.74, 6) is 0.0629. The molecule has 1 fully saturated rings. The lowest BCUT2D eigenvalue weighted by Gasteiger charge is -2.24. The number of halogens is 1. The van der Waals surface area contributed by atoms with E-state index in [9.17, 15) is 9.18 Å². The molecule has 37 heavy (non-hydrogen) atoms. The second kappa shape index (κ2) is 14.1. The van der Waals surface area contributed by atoms with Crippen molar-refractivity contribution in [3.63, 3.8) is 0 Å². The van der Waals surface area contributed by atoms with Crippen molar-refractivity contribution in [3.8, 4) is 22.8 Å². The predicted octanol–water partition coefficient (Wildman–Crippen LogP) is 6.13. The lowest BCUT2D eigenvalue weighted by molar-refractivity contribution is 0.0958. The van der Waals surface area contributed by atoms with Crippen molar-refractivity contribution in [3.05, 3.63) is 71.2 Å². The molecular weight excluding hydrogens is 469 g/mol. The molecule has 1 saturated heterocycles. The monoisotopic (exact) mass is 507 g/mol. The van der Waals surface area contributed by atoms with Crippen LogP contribution in [-0.2, 0) is 0 Å². The van der Waals surface area contributed by atoms with Gasteiger partial charge in [0.15, 0.2) is 0 Å². The molecule has 1 amide bonds. The van der Waals surface area contributed by atoms with Crippen LogP contribution in [0.15, 0.2) is 48.7 Å². The molecule has 0 bridgehead atoms. The van der Waals surface area contributed by atoms with E-state index in [1.165, 1.54) is 32.6 Å². The highest BCUT2D eigenvalue weighted by molar-refractivity contribution is 6.01. The van der Waals surface area contributed by atoms with Crippen LogP contribution < -0.4 is 15.4 Å². The first kappa shape index (κ1) is 29.5. The Kier molecular flexibility index (Phi) is 11.2. The molecule has 3 aromatic rings. The van der Waals surface area contributed by atoms with Crippen LogP contribution in [0, 0.1) is 18.2 Å². The summed E-state index contributed by atoms with van der Waals surface area (Å²) in [5.41, 5.74) is 3.66. The summed E-state index contributed by atoms with van der Waals surface area (Å²) in [4.78, 5) is 18.5. The summed E-state index contributed by atoms with van der Waals surface area (Å²) in [6, 6.07) is 11.9. The number of carbonyl (C=O) groups excluding carboxylic acids is 1. The van der Waals surface area contributed by atoms with Gasteiger partial charge in [0.05, 0.1) is 11.3 Å². The highest BCUT2D eigenvalue weighted by Crippen LogP contribution is 2.30. The fourth-order valence-electron chi connectivity index (χ4n) is 3.67. The van der Waals surface area contributed by atoms with Crippen LogP contribution in [0.3, 0.4) is 0 Å². The van der Waals surface area contributed by atoms with Crippen LogP contribution in [0.4, 0.5) is 10.1 Å². The number of carbonyl (C=O) groups is 1. The molecule has 198 valence electrons. The highest BCUT2D eigenvalue weighted by atomic mass is 19.1. The average molecular weight is 508 g/mol. The molecular formula is C29H38FN5O2. The van der Waals surface area contributed by atoms with E-state index in [1.54, 1.807) is 51.4 Å². The number of aryl methyl sites for hydroxylation is 1. The molecule has 0 aliphatic carbocycles. The topological polar surface area (TPSA) is 90.3 Å². The fraction of sp³-hybridized carbons (Fsp3) is 0.345. The quantitative estimate of drug-likeness (QED) is 0.350. The molecule has 0 spiro atoms. The minimum absolute atomic E-state index is 0.0230. The molecule has 2 aromatic carbocycles. The minimum atomic E-state index is -0.603. The first-order valence-corrected chi connectivity index (χ1v) is 12.5. The van der Waals surface area contributed by atoms with Crippen molar-refractivity contribution in [2.75, 3.05) is 39.5 Å². The van der Waals surface area contributed by atoms with Gasteiger partial charge in [-0.25, -0.2) is 4.39 Å². The zero-order valence-electron chi connectivity index (χ0n) is 22.8. The van der Waals surface area contributed by atoms with E-state index in [-0.39, 0.29) is 5.56 Å². The van der Waals surface area contributed by atoms with Crippen LogP contribution in [0.25, 0.3) is 11.3 Å². The summed E-state index contributed by atoms with van der Waals surface area (Å²) in [6.45, 7) is 10.0. The van der Waals surface area contributed by atoms with Crippen molar-refractivity contribution in [1.82, 2.24) is 15.2 Å². The summed E-state index contributed by atoms with van der Waals surface area (Å²) in [5, 5.41) is 13.3. The van der Waals surface area contributed by atoms with Gasteiger partial charge in [-0.3, -0.25) is 9.78 Å². The van der Waals surface area contributed by atoms with Crippen LogP contribution >= 0.6 is 0 Å². The highest BCUT2D eigenvalue weighted by Gasteiger charge is 2.16. The number of hydrogen-bond donors (Lipinski definition) is 3. The number of amides is 1. The number of rotatable bonds is 6. The average Bonchev–Trinajstić information content (AvgIpc) is 2.88. The van der Waals surface area contributed by atoms with E-state index in [0.717, 1.165) is 11.3 Å². The number of aromatic nitrogens is 1. The van der Waals surface area contributed by atoms with Crippen molar-refractivity contribution in [2.45, 2.75) is 34.1 Å². The van der Waals surface area contributed by atoms with E-state index >= 15 is 0 Å². The van der Waals surface area contributed by atoms with Gasteiger partial charge in [0.1, 0.15) is 17.3 Å². The van der Waals surface area contributed by atoms with Crippen molar-refractivity contribution < 1.29 is 13.9 Å². The number of anilines is 1. The van der Waals surface area contributed by atoms with Gasteiger partial charge >= 0.3 is 0 Å². The van der Waals surface area contributed by atoms with Gasteiger partial charge in [-0.2, -0.15) is 0 Å². The fourth-order valence-corrected chi connectivity index (χ4v) is 3.67. The Hall–Kier alpha value is -3.78. The maximum atomic E-state index is 14.5. The number of likely N-dealkylation sites (tertiary alicyclic amines) is 1. The Morgan fingerprint density at radius 1 is 1.08 bits per heavy atom. The standard InChI is InChI=1S/C23H23FN4O2.C4H9N.C2H6/c1-13-9-15(10-19(24)22(13)23(29)27-4)20-11-17(7-8-28-20)30-16-5-6-18(14(2)25)21(12-16)26-3;1-5-3-2-4-5;1-2/h5-12,25-26H,1-4H3,(H,27,29);2-4H2,1H3;1-2H3. The smallest absolute Gasteiger partial charge is 0.254 e. The molecule has 2 heterocycles. The van der Waals surface area contributed by atoms with Crippen LogP contribution in [0.1, 0.15) is 48.7 Å². The van der Waals surface area contributed by atoms with Crippen molar-refractivity contribution >= 4 is 17.3 Å². The van der Waals surface area contributed by atoms with Crippen molar-refractivity contribution in [2.24, 2.45) is 0 Å². The van der Waals surface area contributed by atoms with Gasteiger partial charge in [-0.05, 0) is 76.3 Å². The van der Waals surface area contributed by atoms with Gasteiger partial charge < -0.3 is 25.7 Å². The number of benzene rings is 2. The molecule has 8 heteroatoms. The van der Waals surface area contributed by atoms with E-state index in [1.807, 2.05) is 26.0 Å². The number of ether oxygens (including phenoxy) is 1. The van der Waals surface area contributed by atoms with Gasteiger partial charge in [0.25, 0.3) is 5.91 Å². The van der Waals surface area contributed by atoms with E-state index < -0.39 is 11.7 Å². The summed E-state index contributed by atoms with van der Waals surface area (Å²) in [7, 11) is 5.39. The maximum Gasteiger partial charge on any atom is 0.254 e. The van der Waals surface area contributed by atoms with Gasteiger partial charge in [-0.15, -0.1) is 0 Å². The number of nitrogens with zero attached hydrogens (tertiary/aromatic N) is 2. The Balaban J connectivity index is 0.000000602. The number of nitrogens with one attached hydrogen (secondary N) is 3. The molecule has 1 aliphatic rings. The second-order valence-electron chi connectivity index (χ2n) is 8.45. The third-order valence-corrected chi connectivity index (χ3v) is 5.75. The second-order valence-corrected chi connectivity index (χ2v) is 8.45. The van der Waals surface area contributed by atoms with Crippen LogP contribution in [0.2, 0.25) is 0 Å². The molecule has 1 aliphatic heterocycles. The van der Waals surface area contributed by atoms with Gasteiger partial charge in [0, 0.05) is 55.0 Å². The number of pyridine rings is 1. The van der Waals surface area contributed by atoms with Crippen molar-refractivity contribution in [1.29, 1.82) is 5.41 Å².